The van der Waals surface area contributed by atoms with Crippen molar-refractivity contribution >= 4 is 29.1 Å². The lowest BCUT2D eigenvalue weighted by atomic mass is 10.2. The summed E-state index contributed by atoms with van der Waals surface area (Å²) in [5.41, 5.74) is 5.86. The molecule has 0 saturated heterocycles. The van der Waals surface area contributed by atoms with E-state index in [9.17, 15) is 9.59 Å². The van der Waals surface area contributed by atoms with Crippen LogP contribution in [0.3, 0.4) is 0 Å². The zero-order valence-corrected chi connectivity index (χ0v) is 10.5. The Hall–Kier alpha value is -2.41. The molecule has 3 N–H and O–H groups in total. The van der Waals surface area contributed by atoms with Gasteiger partial charge in [0.15, 0.2) is 0 Å². The Morgan fingerprint density at radius 1 is 1.37 bits per heavy atom. The van der Waals surface area contributed by atoms with Gasteiger partial charge < -0.3 is 11.1 Å². The minimum atomic E-state index is -0.511. The van der Waals surface area contributed by atoms with Gasteiger partial charge in [0.1, 0.15) is 11.7 Å². The summed E-state index contributed by atoms with van der Waals surface area (Å²) in [6, 6.07) is 3.07. The number of nitrogens with two attached hydrogens (primary N) is 1. The lowest BCUT2D eigenvalue weighted by Gasteiger charge is -2.01. The van der Waals surface area contributed by atoms with Crippen molar-refractivity contribution in [1.82, 2.24) is 14.8 Å². The van der Waals surface area contributed by atoms with Crippen molar-refractivity contribution in [1.29, 1.82) is 0 Å². The second-order valence-corrected chi connectivity index (χ2v) is 4.10. The molecule has 2 amide bonds. The third kappa shape index (κ3) is 3.52. The van der Waals surface area contributed by atoms with E-state index in [0.29, 0.717) is 16.4 Å². The first-order valence-electron chi connectivity index (χ1n) is 5.28. The Labute approximate surface area is 113 Å². The Balaban J connectivity index is 2.04. The largest absolute Gasteiger partial charge is 0.368 e. The van der Waals surface area contributed by atoms with Gasteiger partial charge in [-0.25, -0.2) is 4.98 Å². The molecule has 0 bridgehead atoms. The average molecular weight is 280 g/mol. The third-order valence-corrected chi connectivity index (χ3v) is 2.42. The number of halogens is 1. The third-order valence-electron chi connectivity index (χ3n) is 2.20. The number of amides is 2. The molecule has 0 aliphatic rings. The summed E-state index contributed by atoms with van der Waals surface area (Å²) in [6.07, 6.45) is 4.29. The zero-order valence-electron chi connectivity index (χ0n) is 9.71. The van der Waals surface area contributed by atoms with E-state index in [4.69, 9.17) is 17.3 Å². The van der Waals surface area contributed by atoms with Crippen molar-refractivity contribution in [3.8, 4) is 0 Å². The molecule has 7 nitrogen and oxygen atoms in total. The van der Waals surface area contributed by atoms with E-state index >= 15 is 0 Å². The minimum absolute atomic E-state index is 0.0433. The maximum Gasteiger partial charge on any atom is 0.257 e. The van der Waals surface area contributed by atoms with Crippen LogP contribution in [0.4, 0.5) is 5.69 Å². The second-order valence-electron chi connectivity index (χ2n) is 3.72. The molecule has 0 atom stereocenters. The van der Waals surface area contributed by atoms with Crippen LogP contribution in [0.2, 0.25) is 5.15 Å². The molecule has 0 saturated carbocycles. The summed E-state index contributed by atoms with van der Waals surface area (Å²) in [6.45, 7) is -0.0433. The van der Waals surface area contributed by atoms with Gasteiger partial charge >= 0.3 is 0 Å². The fourth-order valence-corrected chi connectivity index (χ4v) is 1.50. The number of hydrogen-bond acceptors (Lipinski definition) is 4. The number of nitrogens with one attached hydrogen (secondary N) is 1. The van der Waals surface area contributed by atoms with Gasteiger partial charge in [-0.1, -0.05) is 11.6 Å². The number of hydrogen-bond donors (Lipinski definition) is 2. The molecule has 8 heteroatoms. The highest BCUT2D eigenvalue weighted by molar-refractivity contribution is 6.29. The highest BCUT2D eigenvalue weighted by atomic mass is 35.5. The molecule has 0 unspecified atom stereocenters. The first-order valence-corrected chi connectivity index (χ1v) is 5.66. The van der Waals surface area contributed by atoms with Crippen molar-refractivity contribution < 1.29 is 9.59 Å². The molecule has 98 valence electrons. The molecule has 0 spiro atoms. The maximum atomic E-state index is 11.8. The predicted molar refractivity (Wildman–Crippen MR) is 68.6 cm³/mol. The van der Waals surface area contributed by atoms with Crippen molar-refractivity contribution in [2.45, 2.75) is 6.54 Å². The van der Waals surface area contributed by atoms with Crippen LogP contribution in [0.15, 0.2) is 30.7 Å². The summed E-state index contributed by atoms with van der Waals surface area (Å²) in [5.74, 6) is -0.856. The Bertz CT molecular complexity index is 608. The molecule has 19 heavy (non-hydrogen) atoms. The number of carbonyl (C=O) groups is 2. The monoisotopic (exact) mass is 279 g/mol. The highest BCUT2D eigenvalue weighted by Crippen LogP contribution is 2.09. The van der Waals surface area contributed by atoms with Crippen molar-refractivity contribution in [2.75, 3.05) is 5.32 Å². The summed E-state index contributed by atoms with van der Waals surface area (Å²) in [4.78, 5) is 26.3. The van der Waals surface area contributed by atoms with E-state index in [1.54, 1.807) is 6.07 Å². The Morgan fingerprint density at radius 3 is 2.79 bits per heavy atom. The van der Waals surface area contributed by atoms with Gasteiger partial charge in [-0.05, 0) is 12.1 Å². The molecule has 2 rings (SSSR count). The van der Waals surface area contributed by atoms with Crippen molar-refractivity contribution in [2.24, 2.45) is 5.73 Å². The van der Waals surface area contributed by atoms with Crippen molar-refractivity contribution in [3.63, 3.8) is 0 Å². The zero-order chi connectivity index (χ0) is 13.8. The number of anilines is 1. The number of aromatic nitrogens is 3. The molecule has 2 aromatic rings. The molecule has 0 fully saturated rings. The molecular weight excluding hydrogens is 270 g/mol. The smallest absolute Gasteiger partial charge is 0.257 e. The van der Waals surface area contributed by atoms with Crippen LogP contribution in [-0.4, -0.2) is 26.6 Å². The van der Waals surface area contributed by atoms with Crippen LogP contribution in [0, 0.1) is 0 Å². The molecule has 0 aliphatic carbocycles. The number of primary amides is 1. The lowest BCUT2D eigenvalue weighted by molar-refractivity contribution is -0.118. The summed E-state index contributed by atoms with van der Waals surface area (Å²) in [5, 5.41) is 6.81. The molecular formula is C11H10ClN5O2. The van der Waals surface area contributed by atoms with E-state index in [0.717, 1.165) is 0 Å². The van der Waals surface area contributed by atoms with Gasteiger partial charge in [-0.3, -0.25) is 14.3 Å². The van der Waals surface area contributed by atoms with Gasteiger partial charge in [0.05, 0.1) is 17.4 Å². The van der Waals surface area contributed by atoms with Gasteiger partial charge in [-0.15, -0.1) is 0 Å². The quantitative estimate of drug-likeness (QED) is 0.803. The predicted octanol–water partition coefficient (Wildman–Crippen LogP) is 0.669. The van der Waals surface area contributed by atoms with Gasteiger partial charge in [0.2, 0.25) is 5.91 Å². The lowest BCUT2D eigenvalue weighted by Crippen LogP contribution is -2.18. The van der Waals surface area contributed by atoms with Crippen LogP contribution in [0.25, 0.3) is 0 Å². The van der Waals surface area contributed by atoms with Crippen LogP contribution in [0.5, 0.6) is 0 Å². The summed E-state index contributed by atoms with van der Waals surface area (Å²) < 4.78 is 1.33. The summed E-state index contributed by atoms with van der Waals surface area (Å²) in [7, 11) is 0. The number of rotatable bonds is 4. The standard InChI is InChI=1S/C11H10ClN5O2/c12-9-2-1-7(3-14-9)11(19)16-8-4-15-17(5-8)6-10(13)18/h1-5H,6H2,(H2,13,18)(H,16,19). The van der Waals surface area contributed by atoms with Crippen LogP contribution >= 0.6 is 11.6 Å². The number of carbonyl (C=O) groups excluding carboxylic acids is 2. The molecule has 0 aromatic carbocycles. The SMILES string of the molecule is NC(=O)Cn1cc(NC(=O)c2ccc(Cl)nc2)cn1. The molecule has 0 radical (unpaired) electrons. The Morgan fingerprint density at radius 2 is 2.16 bits per heavy atom. The number of pyridine rings is 1. The van der Waals surface area contributed by atoms with Crippen LogP contribution < -0.4 is 11.1 Å². The first kappa shape index (κ1) is 13.0. The van der Waals surface area contributed by atoms with Gasteiger partial charge in [-0.2, -0.15) is 5.10 Å². The van der Waals surface area contributed by atoms with E-state index in [2.05, 4.69) is 15.4 Å². The van der Waals surface area contributed by atoms with Crippen molar-refractivity contribution in [3.05, 3.63) is 41.4 Å². The first-order chi connectivity index (χ1) is 9.04. The highest BCUT2D eigenvalue weighted by Gasteiger charge is 2.08. The second kappa shape index (κ2) is 5.49. The van der Waals surface area contributed by atoms with E-state index in [-0.39, 0.29) is 12.5 Å². The fourth-order valence-electron chi connectivity index (χ4n) is 1.39. The van der Waals surface area contributed by atoms with Crippen LogP contribution in [-0.2, 0) is 11.3 Å². The molecule has 2 aromatic heterocycles. The van der Waals surface area contributed by atoms with E-state index in [1.807, 2.05) is 0 Å². The normalized spacial score (nSPS) is 10.2. The van der Waals surface area contributed by atoms with Gasteiger partial charge in [0.25, 0.3) is 5.91 Å². The summed E-state index contributed by atoms with van der Waals surface area (Å²) >= 11 is 5.63. The van der Waals surface area contributed by atoms with Gasteiger partial charge in [0, 0.05) is 12.4 Å². The molecule has 2 heterocycles. The number of nitrogens with zero attached hydrogens (tertiary/aromatic N) is 3. The average Bonchev–Trinajstić information content (AvgIpc) is 2.76. The topological polar surface area (TPSA) is 103 Å². The fraction of sp³-hybridized carbons (Fsp3) is 0.0909. The van der Waals surface area contributed by atoms with Crippen LogP contribution in [0.1, 0.15) is 10.4 Å². The minimum Gasteiger partial charge on any atom is -0.368 e. The van der Waals surface area contributed by atoms with E-state index < -0.39 is 5.91 Å². The maximum absolute atomic E-state index is 11.8. The van der Waals surface area contributed by atoms with E-state index in [1.165, 1.54) is 29.3 Å². The molecule has 0 aliphatic heterocycles. The Kier molecular flexibility index (Phi) is 3.76.